The molecule has 6 heteroatoms. The van der Waals surface area contributed by atoms with Crippen LogP contribution < -0.4 is 0 Å². The van der Waals surface area contributed by atoms with Gasteiger partial charge in [0.1, 0.15) is 12.2 Å². The average molecular weight is 344 g/mol. The van der Waals surface area contributed by atoms with Crippen LogP contribution >= 0.6 is 27.3 Å². The molecule has 0 saturated heterocycles. The van der Waals surface area contributed by atoms with Crippen molar-refractivity contribution in [1.82, 2.24) is 14.8 Å². The maximum Gasteiger partial charge on any atom is 0.138 e. The zero-order valence-corrected chi connectivity index (χ0v) is 13.7. The number of thiophene rings is 1. The van der Waals surface area contributed by atoms with E-state index >= 15 is 0 Å². The Balaban J connectivity index is 2.10. The summed E-state index contributed by atoms with van der Waals surface area (Å²) in [6, 6.07) is 2.02. The lowest BCUT2D eigenvalue weighted by Crippen LogP contribution is -2.13. The fraction of sp³-hybridized carbons (Fsp3) is 0.538. The second-order valence-electron chi connectivity index (χ2n) is 5.08. The van der Waals surface area contributed by atoms with Gasteiger partial charge >= 0.3 is 0 Å². The molecule has 4 nitrogen and oxygen atoms in total. The molecular weight excluding hydrogens is 326 g/mol. The molecule has 2 aromatic rings. The molecule has 0 amide bonds. The number of hydrogen-bond acceptors (Lipinski definition) is 4. The Hall–Kier alpha value is -0.720. The fourth-order valence-electron chi connectivity index (χ4n) is 1.87. The van der Waals surface area contributed by atoms with Crippen LogP contribution in [0.1, 0.15) is 36.2 Å². The Bertz CT molecular complexity index is 530. The summed E-state index contributed by atoms with van der Waals surface area (Å²) in [5.74, 6) is 1.35. The van der Waals surface area contributed by atoms with Gasteiger partial charge in [0, 0.05) is 17.8 Å². The van der Waals surface area contributed by atoms with Gasteiger partial charge in [0.25, 0.3) is 0 Å². The van der Waals surface area contributed by atoms with E-state index < -0.39 is 6.10 Å². The van der Waals surface area contributed by atoms with E-state index in [2.05, 4.69) is 39.9 Å². The number of aromatic nitrogens is 3. The molecule has 1 atom stereocenters. The Morgan fingerprint density at radius 3 is 2.79 bits per heavy atom. The molecule has 2 aromatic heterocycles. The van der Waals surface area contributed by atoms with E-state index in [4.69, 9.17) is 0 Å². The SMILES string of the molecule is Cc1cc(C(O)Cc2ncnn2CC(C)C)sc1Br. The number of halogens is 1. The number of aliphatic hydroxyl groups is 1. The van der Waals surface area contributed by atoms with Crippen molar-refractivity contribution in [3.63, 3.8) is 0 Å². The summed E-state index contributed by atoms with van der Waals surface area (Å²) in [7, 11) is 0. The summed E-state index contributed by atoms with van der Waals surface area (Å²) in [5, 5.41) is 14.5. The van der Waals surface area contributed by atoms with E-state index in [1.165, 1.54) is 0 Å². The molecule has 1 N–H and O–H groups in total. The van der Waals surface area contributed by atoms with Gasteiger partial charge in [0.15, 0.2) is 0 Å². The van der Waals surface area contributed by atoms with E-state index in [9.17, 15) is 5.11 Å². The largest absolute Gasteiger partial charge is 0.387 e. The molecule has 1 unspecified atom stereocenters. The molecule has 0 aromatic carbocycles. The molecule has 0 radical (unpaired) electrons. The molecule has 0 aliphatic rings. The second-order valence-corrected chi connectivity index (χ2v) is 7.48. The standard InChI is InChI=1S/C13H18BrN3OS/c1-8(2)6-17-12(15-7-16-17)5-10(18)11-4-9(3)13(14)19-11/h4,7-8,10,18H,5-6H2,1-3H3. The van der Waals surface area contributed by atoms with Crippen molar-refractivity contribution in [2.75, 3.05) is 0 Å². The molecular formula is C13H18BrN3OS. The van der Waals surface area contributed by atoms with Crippen LogP contribution in [0.25, 0.3) is 0 Å². The van der Waals surface area contributed by atoms with Crippen LogP contribution in [0, 0.1) is 12.8 Å². The van der Waals surface area contributed by atoms with E-state index in [1.807, 2.05) is 17.7 Å². The van der Waals surface area contributed by atoms with Crippen LogP contribution in [0.2, 0.25) is 0 Å². The molecule has 2 heterocycles. The third-order valence-electron chi connectivity index (χ3n) is 2.81. The minimum absolute atomic E-state index is 0.499. The van der Waals surface area contributed by atoms with Gasteiger partial charge < -0.3 is 5.11 Å². The Kier molecular flexibility index (Phi) is 4.76. The summed E-state index contributed by atoms with van der Waals surface area (Å²) in [6.07, 6.45) is 1.53. The van der Waals surface area contributed by atoms with Gasteiger partial charge in [-0.05, 0) is 40.4 Å². The number of aryl methyl sites for hydroxylation is 1. The Morgan fingerprint density at radius 1 is 1.47 bits per heavy atom. The maximum atomic E-state index is 10.3. The topological polar surface area (TPSA) is 50.9 Å². The highest BCUT2D eigenvalue weighted by molar-refractivity contribution is 9.11. The second kappa shape index (κ2) is 6.15. The first kappa shape index (κ1) is 14.7. The molecule has 0 spiro atoms. The minimum atomic E-state index is -0.523. The highest BCUT2D eigenvalue weighted by atomic mass is 79.9. The number of hydrogen-bond donors (Lipinski definition) is 1. The van der Waals surface area contributed by atoms with Crippen LogP contribution in [-0.4, -0.2) is 19.9 Å². The molecule has 0 saturated carbocycles. The van der Waals surface area contributed by atoms with Crippen LogP contribution in [0.5, 0.6) is 0 Å². The van der Waals surface area contributed by atoms with Gasteiger partial charge in [-0.25, -0.2) is 9.67 Å². The zero-order valence-electron chi connectivity index (χ0n) is 11.3. The van der Waals surface area contributed by atoms with Crippen LogP contribution in [0.3, 0.4) is 0 Å². The van der Waals surface area contributed by atoms with Gasteiger partial charge in [-0.1, -0.05) is 13.8 Å². The Labute approximate surface area is 125 Å². The summed E-state index contributed by atoms with van der Waals surface area (Å²) < 4.78 is 2.95. The van der Waals surface area contributed by atoms with Crippen LogP contribution in [0.4, 0.5) is 0 Å². The highest BCUT2D eigenvalue weighted by Crippen LogP contribution is 2.32. The van der Waals surface area contributed by atoms with Gasteiger partial charge in [-0.3, -0.25) is 0 Å². The first-order valence-corrected chi connectivity index (χ1v) is 7.89. The summed E-state index contributed by atoms with van der Waals surface area (Å²) >= 11 is 5.06. The summed E-state index contributed by atoms with van der Waals surface area (Å²) in [5.41, 5.74) is 1.16. The Morgan fingerprint density at radius 2 is 2.21 bits per heavy atom. The van der Waals surface area contributed by atoms with Crippen molar-refractivity contribution in [3.05, 3.63) is 32.4 Å². The van der Waals surface area contributed by atoms with Crippen LogP contribution in [0.15, 0.2) is 16.2 Å². The quantitative estimate of drug-likeness (QED) is 0.905. The van der Waals surface area contributed by atoms with E-state index in [1.54, 1.807) is 17.7 Å². The van der Waals surface area contributed by atoms with Gasteiger partial charge in [-0.2, -0.15) is 5.10 Å². The predicted molar refractivity (Wildman–Crippen MR) is 80.3 cm³/mol. The van der Waals surface area contributed by atoms with Crippen molar-refractivity contribution >= 4 is 27.3 Å². The molecule has 2 rings (SSSR count). The highest BCUT2D eigenvalue weighted by Gasteiger charge is 2.16. The average Bonchev–Trinajstić information content (AvgIpc) is 2.87. The maximum absolute atomic E-state index is 10.3. The summed E-state index contributed by atoms with van der Waals surface area (Å²) in [6.45, 7) is 7.14. The zero-order chi connectivity index (χ0) is 14.0. The lowest BCUT2D eigenvalue weighted by Gasteiger charge is -2.11. The molecule has 0 aliphatic carbocycles. The van der Waals surface area contributed by atoms with Crippen molar-refractivity contribution in [2.45, 2.75) is 39.8 Å². The van der Waals surface area contributed by atoms with Gasteiger partial charge in [0.05, 0.1) is 9.89 Å². The number of aliphatic hydroxyl groups excluding tert-OH is 1. The monoisotopic (exact) mass is 343 g/mol. The third kappa shape index (κ3) is 3.64. The van der Waals surface area contributed by atoms with E-state index in [0.29, 0.717) is 12.3 Å². The van der Waals surface area contributed by atoms with Crippen molar-refractivity contribution < 1.29 is 5.11 Å². The van der Waals surface area contributed by atoms with Crippen molar-refractivity contribution in [2.24, 2.45) is 5.92 Å². The third-order valence-corrected chi connectivity index (χ3v) is 5.05. The normalized spacial score (nSPS) is 13.2. The number of nitrogens with zero attached hydrogens (tertiary/aromatic N) is 3. The van der Waals surface area contributed by atoms with Gasteiger partial charge in [-0.15, -0.1) is 11.3 Å². The van der Waals surface area contributed by atoms with Crippen LogP contribution in [-0.2, 0) is 13.0 Å². The van der Waals surface area contributed by atoms with Gasteiger partial charge in [0.2, 0.25) is 0 Å². The number of rotatable bonds is 5. The lowest BCUT2D eigenvalue weighted by molar-refractivity contribution is 0.177. The van der Waals surface area contributed by atoms with Crippen molar-refractivity contribution in [1.29, 1.82) is 0 Å². The van der Waals surface area contributed by atoms with E-state index in [-0.39, 0.29) is 0 Å². The van der Waals surface area contributed by atoms with Crippen molar-refractivity contribution in [3.8, 4) is 0 Å². The van der Waals surface area contributed by atoms with E-state index in [0.717, 1.165) is 26.6 Å². The smallest absolute Gasteiger partial charge is 0.138 e. The first-order chi connectivity index (χ1) is 8.97. The summed E-state index contributed by atoms with van der Waals surface area (Å²) in [4.78, 5) is 5.21. The molecule has 0 bridgehead atoms. The molecule has 0 aliphatic heterocycles. The molecule has 0 fully saturated rings. The molecule has 104 valence electrons. The minimum Gasteiger partial charge on any atom is -0.387 e. The fourth-order valence-corrected chi connectivity index (χ4v) is 3.42. The lowest BCUT2D eigenvalue weighted by atomic mass is 10.2. The predicted octanol–water partition coefficient (Wildman–Crippen LogP) is 3.34. The first-order valence-electron chi connectivity index (χ1n) is 6.28. The molecule has 19 heavy (non-hydrogen) atoms.